The summed E-state index contributed by atoms with van der Waals surface area (Å²) in [6.07, 6.45) is -1.13. The number of ketones is 1. The third-order valence-corrected chi connectivity index (χ3v) is 1.57. The molecule has 64 valence electrons. The highest BCUT2D eigenvalue weighted by molar-refractivity contribution is 5.81. The maximum Gasteiger partial charge on any atom is 0.162 e. The smallest absolute Gasteiger partial charge is 0.162 e. The molecule has 3 heteroatoms. The zero-order valence-corrected chi connectivity index (χ0v) is 6.69. The number of carbonyl (C=O) groups is 1. The van der Waals surface area contributed by atoms with Gasteiger partial charge in [-0.25, -0.2) is 0 Å². The summed E-state index contributed by atoms with van der Waals surface area (Å²) < 4.78 is 0. The molecule has 0 saturated carbocycles. The van der Waals surface area contributed by atoms with E-state index in [1.54, 1.807) is 12.1 Å². The van der Waals surface area contributed by atoms with E-state index in [1.807, 2.05) is 0 Å². The van der Waals surface area contributed by atoms with E-state index in [9.17, 15) is 9.90 Å². The average Bonchev–Trinajstić information content (AvgIpc) is 2.03. The number of aromatic hydroxyl groups is 1. The Hall–Kier alpha value is -1.35. The van der Waals surface area contributed by atoms with E-state index in [0.29, 0.717) is 5.56 Å². The molecule has 0 bridgehead atoms. The molecule has 0 aliphatic rings. The minimum atomic E-state index is -1.13. The van der Waals surface area contributed by atoms with Gasteiger partial charge in [0.1, 0.15) is 11.9 Å². The van der Waals surface area contributed by atoms with E-state index in [0.717, 1.165) is 0 Å². The summed E-state index contributed by atoms with van der Waals surface area (Å²) in [5.41, 5.74) is 0.419. The zero-order chi connectivity index (χ0) is 9.14. The summed E-state index contributed by atoms with van der Waals surface area (Å²) in [5.74, 6) is -0.284. The molecule has 0 aliphatic carbocycles. The lowest BCUT2D eigenvalue weighted by atomic mass is 10.1. The average molecular weight is 166 g/mol. The largest absolute Gasteiger partial charge is 0.508 e. The molecule has 1 atom stereocenters. The molecule has 0 fully saturated rings. The molecule has 0 saturated heterocycles. The Labute approximate surface area is 70.3 Å². The third kappa shape index (κ3) is 1.83. The van der Waals surface area contributed by atoms with Crippen molar-refractivity contribution in [3.05, 3.63) is 29.8 Å². The molecular weight excluding hydrogens is 156 g/mol. The van der Waals surface area contributed by atoms with Gasteiger partial charge in [0.2, 0.25) is 0 Å². The predicted molar refractivity (Wildman–Crippen MR) is 43.7 cm³/mol. The molecule has 3 nitrogen and oxygen atoms in total. The van der Waals surface area contributed by atoms with Crippen LogP contribution in [0.4, 0.5) is 0 Å². The first-order chi connectivity index (χ1) is 5.61. The highest BCUT2D eigenvalue weighted by Gasteiger charge is 2.11. The van der Waals surface area contributed by atoms with Crippen LogP contribution in [0.15, 0.2) is 24.3 Å². The molecule has 0 amide bonds. The van der Waals surface area contributed by atoms with Crippen molar-refractivity contribution in [2.45, 2.75) is 13.0 Å². The molecule has 0 aromatic heterocycles. The second-order valence-corrected chi connectivity index (χ2v) is 2.61. The summed E-state index contributed by atoms with van der Waals surface area (Å²) in [5, 5.41) is 18.3. The van der Waals surface area contributed by atoms with E-state index < -0.39 is 6.10 Å². The number of aliphatic hydroxyl groups is 1. The van der Waals surface area contributed by atoms with Crippen molar-refractivity contribution in [1.29, 1.82) is 0 Å². The zero-order valence-electron chi connectivity index (χ0n) is 6.69. The van der Waals surface area contributed by atoms with Gasteiger partial charge < -0.3 is 10.2 Å². The van der Waals surface area contributed by atoms with Gasteiger partial charge in [0.15, 0.2) is 5.78 Å². The van der Waals surface area contributed by atoms with Crippen molar-refractivity contribution < 1.29 is 15.0 Å². The van der Waals surface area contributed by atoms with Crippen molar-refractivity contribution in [2.75, 3.05) is 0 Å². The summed E-state index contributed by atoms with van der Waals surface area (Å²) in [7, 11) is 0. The van der Waals surface area contributed by atoms with Crippen LogP contribution in [0.2, 0.25) is 0 Å². The quantitative estimate of drug-likeness (QED) is 0.689. The minimum Gasteiger partial charge on any atom is -0.508 e. The molecule has 0 aliphatic heterocycles. The van der Waals surface area contributed by atoms with Crippen LogP contribution in [0, 0.1) is 0 Å². The van der Waals surface area contributed by atoms with Gasteiger partial charge in [0.05, 0.1) is 0 Å². The monoisotopic (exact) mass is 166 g/mol. The van der Waals surface area contributed by atoms with E-state index in [-0.39, 0.29) is 11.5 Å². The molecule has 0 unspecified atom stereocenters. The second-order valence-electron chi connectivity index (χ2n) is 2.61. The van der Waals surface area contributed by atoms with Crippen LogP contribution in [0.25, 0.3) is 0 Å². The van der Waals surface area contributed by atoms with Crippen molar-refractivity contribution in [2.24, 2.45) is 0 Å². The topological polar surface area (TPSA) is 57.5 Å². The van der Waals surface area contributed by atoms with Gasteiger partial charge >= 0.3 is 0 Å². The van der Waals surface area contributed by atoms with Crippen LogP contribution >= 0.6 is 0 Å². The van der Waals surface area contributed by atoms with Crippen LogP contribution in [-0.4, -0.2) is 16.0 Å². The van der Waals surface area contributed by atoms with Crippen molar-refractivity contribution in [1.82, 2.24) is 0 Å². The Kier molecular flexibility index (Phi) is 2.45. The van der Waals surface area contributed by atoms with Crippen LogP contribution in [0.5, 0.6) is 5.75 Å². The Morgan fingerprint density at radius 1 is 1.50 bits per heavy atom. The van der Waals surface area contributed by atoms with Gasteiger partial charge in [0.25, 0.3) is 0 Å². The molecule has 0 heterocycles. The van der Waals surface area contributed by atoms with Gasteiger partial charge in [-0.1, -0.05) is 12.1 Å². The fourth-order valence-electron chi connectivity index (χ4n) is 0.930. The van der Waals surface area contributed by atoms with Crippen LogP contribution in [0.1, 0.15) is 18.6 Å². The number of hydrogen-bond donors (Lipinski definition) is 2. The van der Waals surface area contributed by atoms with Crippen LogP contribution in [0.3, 0.4) is 0 Å². The first kappa shape index (κ1) is 8.74. The number of Topliss-reactive ketones (excluding diaryl/α,β-unsaturated/α-hetero) is 1. The summed E-state index contributed by atoms with van der Waals surface area (Å²) in [4.78, 5) is 10.7. The molecule has 1 aromatic carbocycles. The number of benzene rings is 1. The molecule has 0 radical (unpaired) electrons. The van der Waals surface area contributed by atoms with Crippen LogP contribution in [-0.2, 0) is 4.79 Å². The fourth-order valence-corrected chi connectivity index (χ4v) is 0.930. The lowest BCUT2D eigenvalue weighted by molar-refractivity contribution is -0.125. The van der Waals surface area contributed by atoms with Gasteiger partial charge in [-0.3, -0.25) is 4.79 Å². The van der Waals surface area contributed by atoms with Crippen LogP contribution < -0.4 is 0 Å². The summed E-state index contributed by atoms with van der Waals surface area (Å²) in [6, 6.07) is 6.02. The van der Waals surface area contributed by atoms with Gasteiger partial charge in [-0.05, 0) is 24.6 Å². The summed E-state index contributed by atoms with van der Waals surface area (Å²) >= 11 is 0. The minimum absolute atomic E-state index is 0.0489. The number of carbonyl (C=O) groups excluding carboxylic acids is 1. The van der Waals surface area contributed by atoms with Gasteiger partial charge in [-0.15, -0.1) is 0 Å². The van der Waals surface area contributed by atoms with Crippen molar-refractivity contribution in [3.8, 4) is 5.75 Å². The predicted octanol–water partition coefficient (Wildman–Crippen LogP) is 1.01. The first-order valence-electron chi connectivity index (χ1n) is 3.58. The van der Waals surface area contributed by atoms with E-state index in [1.165, 1.54) is 19.1 Å². The number of phenolic OH excluding ortho intramolecular Hbond substituents is 1. The Morgan fingerprint density at radius 3 is 2.67 bits per heavy atom. The Balaban J connectivity index is 2.95. The number of phenols is 1. The normalized spacial score (nSPS) is 12.5. The Morgan fingerprint density at radius 2 is 2.17 bits per heavy atom. The van der Waals surface area contributed by atoms with E-state index >= 15 is 0 Å². The molecular formula is C9H10O3. The SMILES string of the molecule is CC(=O)[C@H](O)c1cccc(O)c1. The van der Waals surface area contributed by atoms with Crippen molar-refractivity contribution in [3.63, 3.8) is 0 Å². The highest BCUT2D eigenvalue weighted by Crippen LogP contribution is 2.18. The van der Waals surface area contributed by atoms with Crippen molar-refractivity contribution >= 4 is 5.78 Å². The van der Waals surface area contributed by atoms with Gasteiger partial charge in [0, 0.05) is 0 Å². The van der Waals surface area contributed by atoms with E-state index in [4.69, 9.17) is 5.11 Å². The summed E-state index contributed by atoms with van der Waals surface area (Å²) in [6.45, 7) is 1.30. The fraction of sp³-hybridized carbons (Fsp3) is 0.222. The molecule has 12 heavy (non-hydrogen) atoms. The first-order valence-corrected chi connectivity index (χ1v) is 3.58. The maximum absolute atomic E-state index is 10.7. The standard InChI is InChI=1S/C9H10O3/c1-6(10)9(12)7-3-2-4-8(11)5-7/h2-5,9,11-12H,1H3/t9-/m0/s1. The maximum atomic E-state index is 10.7. The molecule has 0 spiro atoms. The molecule has 1 aromatic rings. The Bertz CT molecular complexity index is 294. The number of aliphatic hydroxyl groups excluding tert-OH is 1. The molecule has 2 N–H and O–H groups in total. The highest BCUT2D eigenvalue weighted by atomic mass is 16.3. The number of hydrogen-bond acceptors (Lipinski definition) is 3. The molecule has 1 rings (SSSR count). The van der Waals surface area contributed by atoms with E-state index in [2.05, 4.69) is 0 Å². The second kappa shape index (κ2) is 3.36. The lowest BCUT2D eigenvalue weighted by Gasteiger charge is -2.06. The lowest BCUT2D eigenvalue weighted by Crippen LogP contribution is -2.06. The number of rotatable bonds is 2. The van der Waals surface area contributed by atoms with Gasteiger partial charge in [-0.2, -0.15) is 0 Å². The third-order valence-electron chi connectivity index (χ3n) is 1.57.